The standard InChI is InChI=1S/C7H7F9O3S.Li.H/c8-1(3(10)5(12)13)2(9)4(11)7(15,16)6(14)20(17,18)19;;/h1-6H,(H,17,18,19);;/q;+1;-1. The van der Waals surface area contributed by atoms with E-state index in [1.807, 2.05) is 0 Å². The third kappa shape index (κ3) is 5.54. The number of rotatable bonds is 7. The van der Waals surface area contributed by atoms with Crippen molar-refractivity contribution < 1.29 is 72.8 Å². The van der Waals surface area contributed by atoms with Crippen LogP contribution < -0.4 is 18.9 Å². The molecule has 0 radical (unpaired) electrons. The molecule has 0 spiro atoms. The van der Waals surface area contributed by atoms with Crippen molar-refractivity contribution in [3.05, 3.63) is 0 Å². The Balaban J connectivity index is -0.00000180. The van der Waals surface area contributed by atoms with E-state index >= 15 is 0 Å². The Morgan fingerprint density at radius 1 is 0.857 bits per heavy atom. The zero-order valence-corrected chi connectivity index (χ0v) is 10.9. The quantitative estimate of drug-likeness (QED) is 0.384. The Morgan fingerprint density at radius 3 is 1.52 bits per heavy atom. The molecule has 0 aromatic carbocycles. The molecule has 0 saturated carbocycles. The van der Waals surface area contributed by atoms with Gasteiger partial charge in [0.2, 0.25) is 6.17 Å². The van der Waals surface area contributed by atoms with Gasteiger partial charge in [0.15, 0.2) is 18.5 Å². The number of alkyl halides is 9. The number of hydrogen-bond donors (Lipinski definition) is 1. The summed E-state index contributed by atoms with van der Waals surface area (Å²) in [6.07, 6.45) is -21.2. The molecular formula is C7H8F9LiO3S. The van der Waals surface area contributed by atoms with Crippen LogP contribution in [-0.2, 0) is 10.1 Å². The van der Waals surface area contributed by atoms with E-state index in [4.69, 9.17) is 4.55 Å². The molecule has 0 heterocycles. The molecule has 5 atom stereocenters. The van der Waals surface area contributed by atoms with Crippen molar-refractivity contribution in [2.45, 2.75) is 42.5 Å². The molecule has 0 rings (SSSR count). The zero-order valence-electron chi connectivity index (χ0n) is 11.0. The first kappa shape index (κ1) is 23.1. The summed E-state index contributed by atoms with van der Waals surface area (Å²) in [5, 5.41) is 0. The second kappa shape index (κ2) is 7.94. The van der Waals surface area contributed by atoms with Gasteiger partial charge in [-0.25, -0.2) is 30.7 Å². The molecule has 0 amide bonds. The molecule has 0 aromatic heterocycles. The number of halogens is 9. The van der Waals surface area contributed by atoms with Crippen LogP contribution in [0.4, 0.5) is 39.5 Å². The third-order valence-corrected chi connectivity index (χ3v) is 2.90. The van der Waals surface area contributed by atoms with E-state index in [2.05, 4.69) is 0 Å². The fourth-order valence-electron chi connectivity index (χ4n) is 1.01. The molecule has 3 nitrogen and oxygen atoms in total. The van der Waals surface area contributed by atoms with Gasteiger partial charge in [-0.2, -0.15) is 17.2 Å². The third-order valence-electron chi connectivity index (χ3n) is 2.06. The van der Waals surface area contributed by atoms with Gasteiger partial charge >= 0.3 is 34.9 Å². The predicted octanol–water partition coefficient (Wildman–Crippen LogP) is -0.461. The SMILES string of the molecule is O=S(=O)(O)C(F)C(F)(F)C(F)C(F)C(F)C(F)C(F)F.[H-].[Li+]. The number of hydrogen-bond acceptors (Lipinski definition) is 2. The van der Waals surface area contributed by atoms with Crippen LogP contribution in [0.5, 0.6) is 0 Å². The van der Waals surface area contributed by atoms with E-state index in [1.54, 1.807) is 0 Å². The average Bonchev–Trinajstić information content (AvgIpc) is 2.32. The van der Waals surface area contributed by atoms with Crippen molar-refractivity contribution in [3.8, 4) is 0 Å². The maximum absolute atomic E-state index is 12.8. The molecule has 0 bridgehead atoms. The molecule has 0 aromatic rings. The second-order valence-corrected chi connectivity index (χ2v) is 5.02. The van der Waals surface area contributed by atoms with E-state index in [0.717, 1.165) is 0 Å². The zero-order chi connectivity index (χ0) is 16.5. The normalized spacial score (nSPS) is 20.3. The Kier molecular flexibility index (Phi) is 8.75. The van der Waals surface area contributed by atoms with Gasteiger partial charge in [-0.1, -0.05) is 0 Å². The summed E-state index contributed by atoms with van der Waals surface area (Å²) in [4.78, 5) is 0. The van der Waals surface area contributed by atoms with Crippen LogP contribution in [0.15, 0.2) is 0 Å². The summed E-state index contributed by atoms with van der Waals surface area (Å²) >= 11 is 0. The van der Waals surface area contributed by atoms with Gasteiger partial charge in [-0.3, -0.25) is 4.55 Å². The van der Waals surface area contributed by atoms with Crippen molar-refractivity contribution in [1.29, 1.82) is 0 Å². The molecule has 0 aliphatic heterocycles. The van der Waals surface area contributed by atoms with E-state index in [9.17, 15) is 47.9 Å². The van der Waals surface area contributed by atoms with Crippen LogP contribution in [-0.4, -0.2) is 55.5 Å². The van der Waals surface area contributed by atoms with Crippen molar-refractivity contribution >= 4 is 10.1 Å². The van der Waals surface area contributed by atoms with Crippen LogP contribution in [0.1, 0.15) is 1.43 Å². The Hall–Kier alpha value is -0.123. The summed E-state index contributed by atoms with van der Waals surface area (Å²) in [5.74, 6) is -5.82. The molecule has 124 valence electrons. The first-order chi connectivity index (χ1) is 8.74. The summed E-state index contributed by atoms with van der Waals surface area (Å²) in [5.41, 5.74) is -4.68. The molecular weight excluding hydrogens is 342 g/mol. The molecule has 0 aliphatic rings. The maximum atomic E-state index is 12.8. The van der Waals surface area contributed by atoms with Gasteiger partial charge < -0.3 is 1.43 Å². The van der Waals surface area contributed by atoms with Crippen molar-refractivity contribution in [1.82, 2.24) is 0 Å². The Morgan fingerprint density at radius 2 is 1.24 bits per heavy atom. The largest absolute Gasteiger partial charge is 1.00 e. The summed E-state index contributed by atoms with van der Waals surface area (Å²) in [7, 11) is -6.19. The van der Waals surface area contributed by atoms with Crippen LogP contribution in [0.3, 0.4) is 0 Å². The summed E-state index contributed by atoms with van der Waals surface area (Å²) in [6.45, 7) is 0. The van der Waals surface area contributed by atoms with Gasteiger partial charge in [0.25, 0.3) is 11.9 Å². The van der Waals surface area contributed by atoms with Crippen LogP contribution in [0.2, 0.25) is 0 Å². The average molecular weight is 350 g/mol. The van der Waals surface area contributed by atoms with Gasteiger partial charge in [-0.05, 0) is 0 Å². The second-order valence-electron chi connectivity index (χ2n) is 3.58. The first-order valence-electron chi connectivity index (χ1n) is 4.57. The Bertz CT molecular complexity index is 425. The van der Waals surface area contributed by atoms with E-state index < -0.39 is 52.7 Å². The fraction of sp³-hybridized carbons (Fsp3) is 1.00. The van der Waals surface area contributed by atoms with Crippen molar-refractivity contribution in [3.63, 3.8) is 0 Å². The van der Waals surface area contributed by atoms with E-state index in [-0.39, 0.29) is 20.3 Å². The minimum atomic E-state index is -6.19. The van der Waals surface area contributed by atoms with Gasteiger partial charge in [0.1, 0.15) is 0 Å². The van der Waals surface area contributed by atoms with Crippen LogP contribution in [0, 0.1) is 0 Å². The monoisotopic (exact) mass is 350 g/mol. The minimum Gasteiger partial charge on any atom is -1.00 e. The smallest absolute Gasteiger partial charge is 1.00 e. The fourth-order valence-corrected chi connectivity index (χ4v) is 1.54. The van der Waals surface area contributed by atoms with Crippen LogP contribution in [0.25, 0.3) is 0 Å². The molecule has 21 heavy (non-hydrogen) atoms. The summed E-state index contributed by atoms with van der Waals surface area (Å²) in [6, 6.07) is 0. The summed E-state index contributed by atoms with van der Waals surface area (Å²) < 4.78 is 140. The minimum absolute atomic E-state index is 0. The predicted molar refractivity (Wildman–Crippen MR) is 48.1 cm³/mol. The van der Waals surface area contributed by atoms with E-state index in [1.165, 1.54) is 0 Å². The van der Waals surface area contributed by atoms with Gasteiger partial charge in [0, 0.05) is 0 Å². The topological polar surface area (TPSA) is 54.4 Å². The molecule has 14 heteroatoms. The molecule has 5 unspecified atom stereocenters. The first-order valence-corrected chi connectivity index (χ1v) is 6.07. The molecule has 1 N–H and O–H groups in total. The molecule has 0 fully saturated rings. The van der Waals surface area contributed by atoms with Crippen molar-refractivity contribution in [2.24, 2.45) is 0 Å². The maximum Gasteiger partial charge on any atom is 1.00 e. The van der Waals surface area contributed by atoms with Crippen LogP contribution >= 0.6 is 0 Å². The molecule has 0 saturated heterocycles. The van der Waals surface area contributed by atoms with Crippen molar-refractivity contribution in [2.75, 3.05) is 0 Å². The Labute approximate surface area is 126 Å². The van der Waals surface area contributed by atoms with Gasteiger partial charge in [0.05, 0.1) is 0 Å². The van der Waals surface area contributed by atoms with Gasteiger partial charge in [-0.15, -0.1) is 0 Å². The van der Waals surface area contributed by atoms with E-state index in [0.29, 0.717) is 0 Å². The molecule has 0 aliphatic carbocycles.